The van der Waals surface area contributed by atoms with Crippen LogP contribution in [0.1, 0.15) is 5.56 Å². The number of nitrogens with zero attached hydrogens (tertiary/aromatic N) is 2. The largest absolute Gasteiger partial charge is 0.363 e. The fourth-order valence-corrected chi connectivity index (χ4v) is 2.34. The summed E-state index contributed by atoms with van der Waals surface area (Å²) >= 11 is 3.18. The Morgan fingerprint density at radius 2 is 2.00 bits per heavy atom. The van der Waals surface area contributed by atoms with E-state index in [0.717, 1.165) is 16.5 Å². The van der Waals surface area contributed by atoms with E-state index in [-0.39, 0.29) is 11.6 Å². The monoisotopic (exact) mass is 331 g/mol. The lowest BCUT2D eigenvalue weighted by atomic mass is 10.1. The van der Waals surface area contributed by atoms with Crippen molar-refractivity contribution in [2.75, 3.05) is 5.32 Å². The molecule has 3 nitrogen and oxygen atoms in total. The maximum atomic E-state index is 13.7. The molecule has 0 saturated heterocycles. The van der Waals surface area contributed by atoms with Crippen molar-refractivity contribution in [2.24, 2.45) is 0 Å². The van der Waals surface area contributed by atoms with E-state index in [4.69, 9.17) is 0 Å². The number of hydrogen-bond acceptors (Lipinski definition) is 3. The van der Waals surface area contributed by atoms with Crippen LogP contribution in [0.15, 0.2) is 53.3 Å². The number of fused-ring (bicyclic) bond motifs is 1. The first-order chi connectivity index (χ1) is 9.74. The Balaban J connectivity index is 1.87. The van der Waals surface area contributed by atoms with E-state index in [0.29, 0.717) is 11.0 Å². The van der Waals surface area contributed by atoms with Gasteiger partial charge in [0.05, 0.1) is 5.52 Å². The van der Waals surface area contributed by atoms with Gasteiger partial charge in [-0.05, 0) is 33.6 Å². The summed E-state index contributed by atoms with van der Waals surface area (Å²) in [6.45, 7) is 0.472. The summed E-state index contributed by atoms with van der Waals surface area (Å²) in [5, 5.41) is 4.07. The van der Waals surface area contributed by atoms with Gasteiger partial charge in [0, 0.05) is 28.8 Å². The summed E-state index contributed by atoms with van der Waals surface area (Å²) in [7, 11) is 0. The van der Waals surface area contributed by atoms with Crippen LogP contribution in [0.3, 0.4) is 0 Å². The van der Waals surface area contributed by atoms with Gasteiger partial charge in [-0.25, -0.2) is 9.37 Å². The van der Waals surface area contributed by atoms with E-state index in [1.807, 2.05) is 30.3 Å². The van der Waals surface area contributed by atoms with Crippen LogP contribution in [-0.2, 0) is 6.54 Å². The van der Waals surface area contributed by atoms with Gasteiger partial charge in [0.15, 0.2) is 11.6 Å². The Kier molecular flexibility index (Phi) is 3.60. The van der Waals surface area contributed by atoms with Gasteiger partial charge in [-0.3, -0.25) is 4.98 Å². The molecule has 0 amide bonds. The summed E-state index contributed by atoms with van der Waals surface area (Å²) in [5.41, 5.74) is 1.92. The fraction of sp³-hybridized carbons (Fsp3) is 0.0667. The molecule has 1 aromatic carbocycles. The smallest absolute Gasteiger partial charge is 0.166 e. The van der Waals surface area contributed by atoms with Crippen LogP contribution in [0.4, 0.5) is 10.2 Å². The summed E-state index contributed by atoms with van der Waals surface area (Å²) < 4.78 is 14.3. The Morgan fingerprint density at radius 1 is 1.15 bits per heavy atom. The van der Waals surface area contributed by atoms with Gasteiger partial charge in [-0.1, -0.05) is 24.3 Å². The maximum Gasteiger partial charge on any atom is 0.166 e. The second-order valence-corrected chi connectivity index (χ2v) is 5.25. The molecule has 3 rings (SSSR count). The highest BCUT2D eigenvalue weighted by Gasteiger charge is 2.06. The standard InChI is InChI=1S/C15H11BrFN3/c16-12-7-13(17)15(20-9-12)19-8-11-4-1-3-10-5-2-6-18-14(10)11/h1-7,9H,8H2,(H,19,20). The third-order valence-corrected chi connectivity index (χ3v) is 3.40. The number of aromatic nitrogens is 2. The summed E-state index contributed by atoms with van der Waals surface area (Å²) in [6, 6.07) is 11.2. The van der Waals surface area contributed by atoms with Crippen LogP contribution < -0.4 is 5.32 Å². The molecular weight excluding hydrogens is 321 g/mol. The lowest BCUT2D eigenvalue weighted by molar-refractivity contribution is 0.623. The molecule has 5 heteroatoms. The molecule has 0 aliphatic heterocycles. The molecule has 3 aromatic rings. The number of rotatable bonds is 3. The summed E-state index contributed by atoms with van der Waals surface area (Å²) in [6.07, 6.45) is 3.32. The van der Waals surface area contributed by atoms with Crippen molar-refractivity contribution in [3.8, 4) is 0 Å². The average Bonchev–Trinajstić information content (AvgIpc) is 2.46. The number of nitrogens with one attached hydrogen (secondary N) is 1. The Morgan fingerprint density at radius 3 is 2.85 bits per heavy atom. The minimum absolute atomic E-state index is 0.237. The van der Waals surface area contributed by atoms with Crippen molar-refractivity contribution in [3.63, 3.8) is 0 Å². The predicted molar refractivity (Wildman–Crippen MR) is 81.0 cm³/mol. The molecule has 0 atom stereocenters. The van der Waals surface area contributed by atoms with Gasteiger partial charge in [0.2, 0.25) is 0 Å². The molecule has 100 valence electrons. The van der Waals surface area contributed by atoms with Gasteiger partial charge in [-0.2, -0.15) is 0 Å². The van der Waals surface area contributed by atoms with Crippen LogP contribution in [0.25, 0.3) is 10.9 Å². The molecule has 0 aliphatic rings. The van der Waals surface area contributed by atoms with Crippen LogP contribution in [0, 0.1) is 5.82 Å². The third kappa shape index (κ3) is 2.63. The fourth-order valence-electron chi connectivity index (χ4n) is 2.03. The molecule has 1 N–H and O–H groups in total. The van der Waals surface area contributed by atoms with Crippen LogP contribution in [0.5, 0.6) is 0 Å². The molecular formula is C15H11BrFN3. The van der Waals surface area contributed by atoms with E-state index < -0.39 is 0 Å². The average molecular weight is 332 g/mol. The van der Waals surface area contributed by atoms with Gasteiger partial charge in [0.25, 0.3) is 0 Å². The highest BCUT2D eigenvalue weighted by atomic mass is 79.9. The molecule has 2 aromatic heterocycles. The van der Waals surface area contributed by atoms with E-state index in [2.05, 4.69) is 31.2 Å². The molecule has 0 saturated carbocycles. The van der Waals surface area contributed by atoms with Crippen molar-refractivity contribution in [2.45, 2.75) is 6.54 Å². The number of hydrogen-bond donors (Lipinski definition) is 1. The van der Waals surface area contributed by atoms with Crippen LogP contribution in [0.2, 0.25) is 0 Å². The van der Waals surface area contributed by atoms with Gasteiger partial charge in [-0.15, -0.1) is 0 Å². The second kappa shape index (κ2) is 5.54. The molecule has 0 bridgehead atoms. The quantitative estimate of drug-likeness (QED) is 0.783. The van der Waals surface area contributed by atoms with Crippen molar-refractivity contribution in [1.29, 1.82) is 0 Å². The van der Waals surface area contributed by atoms with Crippen molar-refractivity contribution in [3.05, 3.63) is 64.6 Å². The third-order valence-electron chi connectivity index (χ3n) is 2.97. The molecule has 20 heavy (non-hydrogen) atoms. The first-order valence-corrected chi connectivity index (χ1v) is 6.91. The normalized spacial score (nSPS) is 10.7. The van der Waals surface area contributed by atoms with E-state index >= 15 is 0 Å². The molecule has 0 aliphatic carbocycles. The topological polar surface area (TPSA) is 37.8 Å². The number of para-hydroxylation sites is 1. The lowest BCUT2D eigenvalue weighted by Gasteiger charge is -2.09. The van der Waals surface area contributed by atoms with Gasteiger partial charge >= 0.3 is 0 Å². The van der Waals surface area contributed by atoms with Gasteiger partial charge in [0.1, 0.15) is 0 Å². The highest BCUT2D eigenvalue weighted by molar-refractivity contribution is 9.10. The zero-order valence-corrected chi connectivity index (χ0v) is 12.1. The van der Waals surface area contributed by atoms with E-state index in [9.17, 15) is 4.39 Å². The molecule has 0 spiro atoms. The molecule has 0 unspecified atom stereocenters. The summed E-state index contributed by atoms with van der Waals surface area (Å²) in [5.74, 6) is -0.145. The molecule has 2 heterocycles. The Bertz CT molecular complexity index is 756. The minimum atomic E-state index is -0.382. The summed E-state index contributed by atoms with van der Waals surface area (Å²) in [4.78, 5) is 8.39. The number of pyridine rings is 2. The van der Waals surface area contributed by atoms with E-state index in [1.165, 1.54) is 6.07 Å². The Hall–Kier alpha value is -2.01. The lowest BCUT2D eigenvalue weighted by Crippen LogP contribution is -2.04. The highest BCUT2D eigenvalue weighted by Crippen LogP contribution is 2.19. The van der Waals surface area contributed by atoms with E-state index in [1.54, 1.807) is 12.4 Å². The SMILES string of the molecule is Fc1cc(Br)cnc1NCc1cccc2cccnc12. The van der Waals surface area contributed by atoms with Crippen molar-refractivity contribution >= 4 is 32.7 Å². The second-order valence-electron chi connectivity index (χ2n) is 4.33. The maximum absolute atomic E-state index is 13.7. The first kappa shape index (κ1) is 13.0. The first-order valence-electron chi connectivity index (χ1n) is 6.11. The van der Waals surface area contributed by atoms with Crippen molar-refractivity contribution in [1.82, 2.24) is 9.97 Å². The number of benzene rings is 1. The molecule has 0 fully saturated rings. The zero-order valence-electron chi connectivity index (χ0n) is 10.5. The number of halogens is 2. The van der Waals surface area contributed by atoms with Crippen molar-refractivity contribution < 1.29 is 4.39 Å². The number of anilines is 1. The van der Waals surface area contributed by atoms with Crippen LogP contribution in [-0.4, -0.2) is 9.97 Å². The molecule has 0 radical (unpaired) electrons. The predicted octanol–water partition coefficient (Wildman–Crippen LogP) is 4.14. The minimum Gasteiger partial charge on any atom is -0.363 e. The van der Waals surface area contributed by atoms with Gasteiger partial charge < -0.3 is 5.32 Å². The van der Waals surface area contributed by atoms with Crippen LogP contribution >= 0.6 is 15.9 Å². The Labute approximate surface area is 124 Å². The zero-order chi connectivity index (χ0) is 13.9.